The Morgan fingerprint density at radius 1 is 1.17 bits per heavy atom. The highest BCUT2D eigenvalue weighted by Gasteiger charge is 2.34. The maximum atomic E-state index is 13.4. The average Bonchev–Trinajstić information content (AvgIpc) is 3.35. The molecule has 12 heteroatoms. The van der Waals surface area contributed by atoms with Gasteiger partial charge in [-0.3, -0.25) is 14.2 Å². The molecule has 1 amide bonds. The van der Waals surface area contributed by atoms with E-state index in [1.165, 1.54) is 20.1 Å². The van der Waals surface area contributed by atoms with Crippen LogP contribution in [0.15, 0.2) is 53.7 Å². The first-order valence-electron chi connectivity index (χ1n) is 11.1. The number of nitrogens with one attached hydrogen (secondary N) is 1. The fourth-order valence-corrected chi connectivity index (χ4v) is 3.79. The van der Waals surface area contributed by atoms with Gasteiger partial charge in [0.1, 0.15) is 11.5 Å². The van der Waals surface area contributed by atoms with E-state index in [0.29, 0.717) is 28.7 Å². The number of aryl methyl sites for hydroxylation is 1. The van der Waals surface area contributed by atoms with Gasteiger partial charge in [0, 0.05) is 31.5 Å². The highest BCUT2D eigenvalue weighted by Crippen LogP contribution is 2.33. The van der Waals surface area contributed by atoms with Crippen molar-refractivity contribution in [3.63, 3.8) is 0 Å². The summed E-state index contributed by atoms with van der Waals surface area (Å²) in [5.41, 5.74) is 2.26. The van der Waals surface area contributed by atoms with Crippen molar-refractivity contribution in [2.45, 2.75) is 25.2 Å². The molecule has 1 fully saturated rings. The molecule has 35 heavy (non-hydrogen) atoms. The molecule has 4 aromatic rings. The Morgan fingerprint density at radius 2 is 1.94 bits per heavy atom. The largest absolute Gasteiger partial charge is 0.424 e. The molecule has 1 N–H and O–H groups in total. The minimum atomic E-state index is -0.333. The first-order chi connectivity index (χ1) is 16.7. The lowest BCUT2D eigenvalue weighted by atomic mass is 10.0. The summed E-state index contributed by atoms with van der Waals surface area (Å²) in [4.78, 5) is 37.9. The van der Waals surface area contributed by atoms with Crippen LogP contribution in [0.4, 0.5) is 17.2 Å². The van der Waals surface area contributed by atoms with Gasteiger partial charge >= 0.3 is 0 Å². The second kappa shape index (κ2) is 8.61. The van der Waals surface area contributed by atoms with Gasteiger partial charge in [0.2, 0.25) is 7.98 Å². The summed E-state index contributed by atoms with van der Waals surface area (Å²) in [5.74, 6) is 0.530. The average molecular weight is 464 g/mol. The fraction of sp³-hybridized carbons (Fsp3) is 0.261. The number of imidazole rings is 1. The molecular formula is C23H22B2N8O2. The summed E-state index contributed by atoms with van der Waals surface area (Å²) in [6.45, 7) is 1.93. The number of aromatic nitrogens is 5. The fourth-order valence-electron chi connectivity index (χ4n) is 3.79. The number of pyridine rings is 2. The van der Waals surface area contributed by atoms with Crippen LogP contribution in [0.25, 0.3) is 11.5 Å². The molecule has 4 aromatic heterocycles. The molecule has 0 bridgehead atoms. The summed E-state index contributed by atoms with van der Waals surface area (Å²) in [6.07, 6.45) is 5.54. The van der Waals surface area contributed by atoms with Crippen LogP contribution in [-0.4, -0.2) is 66.0 Å². The Morgan fingerprint density at radius 3 is 2.60 bits per heavy atom. The quantitative estimate of drug-likeness (QED) is 0.430. The summed E-state index contributed by atoms with van der Waals surface area (Å²) >= 11 is 0. The molecule has 4 heterocycles. The lowest BCUT2D eigenvalue weighted by Crippen LogP contribution is -2.29. The smallest absolute Gasteiger partial charge is 0.280 e. The number of fused-ring (bicyclic) bond motifs is 1. The minimum absolute atomic E-state index is 0.0400. The van der Waals surface area contributed by atoms with Gasteiger partial charge in [-0.15, -0.1) is 5.10 Å². The van der Waals surface area contributed by atoms with Crippen molar-refractivity contribution in [2.75, 3.05) is 23.8 Å². The van der Waals surface area contributed by atoms with E-state index in [1.807, 2.05) is 13.0 Å². The predicted octanol–water partition coefficient (Wildman–Crippen LogP) is 1.33. The second-order valence-electron chi connectivity index (χ2n) is 8.68. The zero-order valence-corrected chi connectivity index (χ0v) is 19.6. The molecule has 0 saturated heterocycles. The second-order valence-corrected chi connectivity index (χ2v) is 8.68. The van der Waals surface area contributed by atoms with Crippen LogP contribution in [0.5, 0.6) is 0 Å². The van der Waals surface area contributed by atoms with E-state index in [9.17, 15) is 9.59 Å². The van der Waals surface area contributed by atoms with Gasteiger partial charge in [0.25, 0.3) is 11.5 Å². The lowest BCUT2D eigenvalue weighted by molar-refractivity contribution is 0.0944. The molecule has 0 aliphatic heterocycles. The monoisotopic (exact) mass is 464 g/mol. The van der Waals surface area contributed by atoms with Crippen molar-refractivity contribution in [3.05, 3.63) is 70.5 Å². The number of carbonyl (C=O) groups excluding carboxylic acids is 1. The van der Waals surface area contributed by atoms with Crippen molar-refractivity contribution in [1.29, 1.82) is 0 Å². The summed E-state index contributed by atoms with van der Waals surface area (Å²) < 4.78 is 2.89. The van der Waals surface area contributed by atoms with Gasteiger partial charge in [-0.25, -0.2) is 14.5 Å². The topological polar surface area (TPSA) is 101 Å². The van der Waals surface area contributed by atoms with Crippen LogP contribution in [0.3, 0.4) is 0 Å². The maximum Gasteiger partial charge on any atom is 0.280 e. The van der Waals surface area contributed by atoms with Gasteiger partial charge in [-0.1, -0.05) is 11.9 Å². The molecular weight excluding hydrogens is 442 g/mol. The van der Waals surface area contributed by atoms with Crippen LogP contribution >= 0.6 is 0 Å². The predicted molar refractivity (Wildman–Crippen MR) is 135 cm³/mol. The van der Waals surface area contributed by atoms with E-state index in [4.69, 9.17) is 15.8 Å². The summed E-state index contributed by atoms with van der Waals surface area (Å²) in [5, 5.41) is 7.50. The molecule has 172 valence electrons. The molecule has 4 radical (unpaired) electrons. The van der Waals surface area contributed by atoms with E-state index in [2.05, 4.69) is 20.4 Å². The van der Waals surface area contributed by atoms with Gasteiger partial charge in [-0.2, -0.15) is 0 Å². The molecule has 10 nitrogen and oxygen atoms in total. The number of anilines is 3. The van der Waals surface area contributed by atoms with Crippen molar-refractivity contribution in [3.8, 4) is 5.82 Å². The molecule has 0 spiro atoms. The Balaban J connectivity index is 1.58. The number of rotatable bonds is 6. The molecule has 5 rings (SSSR count). The van der Waals surface area contributed by atoms with Gasteiger partial charge in [0.15, 0.2) is 17.2 Å². The van der Waals surface area contributed by atoms with E-state index in [-0.39, 0.29) is 29.0 Å². The molecule has 1 aliphatic rings. The molecule has 1 aliphatic carbocycles. The van der Waals surface area contributed by atoms with Crippen LogP contribution in [0.1, 0.15) is 22.5 Å². The zero-order valence-electron chi connectivity index (χ0n) is 19.6. The Bertz CT molecular complexity index is 1480. The SMILES string of the molecule is [B][C@H]1C[C@H]1NC(=O)c1cnc2c(N([B])C)cc(N(C)c3cccn(-c4ccc(C)cn4)c3=O)nn12. The number of carbonyl (C=O) groups is 1. The number of hydrogen-bond acceptors (Lipinski definition) is 7. The third-order valence-corrected chi connectivity index (χ3v) is 5.98. The van der Waals surface area contributed by atoms with E-state index >= 15 is 0 Å². The molecule has 1 saturated carbocycles. The van der Waals surface area contributed by atoms with E-state index < -0.39 is 0 Å². The minimum Gasteiger partial charge on any atom is -0.424 e. The lowest BCUT2D eigenvalue weighted by Gasteiger charge is -2.22. The van der Waals surface area contributed by atoms with Crippen LogP contribution in [0.2, 0.25) is 5.82 Å². The first-order valence-corrected chi connectivity index (χ1v) is 11.1. The van der Waals surface area contributed by atoms with Crippen molar-refractivity contribution in [1.82, 2.24) is 29.5 Å². The summed E-state index contributed by atoms with van der Waals surface area (Å²) in [7, 11) is 15.3. The van der Waals surface area contributed by atoms with Crippen molar-refractivity contribution >= 4 is 44.6 Å². The van der Waals surface area contributed by atoms with Crippen LogP contribution in [0, 0.1) is 6.92 Å². The van der Waals surface area contributed by atoms with Gasteiger partial charge in [-0.05, 0) is 44.2 Å². The third kappa shape index (κ3) is 4.16. The normalized spacial score (nSPS) is 16.8. The number of hydrogen-bond donors (Lipinski definition) is 1. The van der Waals surface area contributed by atoms with Gasteiger partial charge < -0.3 is 15.0 Å². The zero-order chi connectivity index (χ0) is 24.9. The van der Waals surface area contributed by atoms with Crippen molar-refractivity contribution < 1.29 is 4.79 Å². The summed E-state index contributed by atoms with van der Waals surface area (Å²) in [6, 6.07) is 8.79. The number of nitrogens with zero attached hydrogens (tertiary/aromatic N) is 7. The van der Waals surface area contributed by atoms with Crippen LogP contribution < -0.4 is 20.6 Å². The standard InChI is InChI=1S/C23H22B2N8O2/c1-13-6-7-19(26-11-13)32-8-4-5-16(23(32)35)30(2)20-10-17(31(3)25)21-27-12-18(33(21)29-20)22(34)28-15-9-14(15)24/h4-8,10-12,14-15H,9H2,1-3H3,(H,28,34)/t14-,15+/m0/s1. The molecule has 0 aromatic carbocycles. The van der Waals surface area contributed by atoms with E-state index in [1.54, 1.807) is 55.7 Å². The Labute approximate surface area is 204 Å². The highest BCUT2D eigenvalue weighted by molar-refractivity contribution is 6.19. The Hall–Kier alpha value is -4.08. The van der Waals surface area contributed by atoms with Gasteiger partial charge in [0.05, 0.1) is 19.7 Å². The first kappa shape index (κ1) is 22.7. The number of amides is 1. The van der Waals surface area contributed by atoms with Crippen LogP contribution in [-0.2, 0) is 0 Å². The molecule has 2 atom stereocenters. The Kier molecular flexibility index (Phi) is 5.58. The van der Waals surface area contributed by atoms with E-state index in [0.717, 1.165) is 12.0 Å². The van der Waals surface area contributed by atoms with Crippen molar-refractivity contribution in [2.24, 2.45) is 0 Å². The highest BCUT2D eigenvalue weighted by atomic mass is 16.2. The molecule has 0 unspecified atom stereocenters. The maximum absolute atomic E-state index is 13.4. The third-order valence-electron chi connectivity index (χ3n) is 5.98.